The number of halogens is 2. The molecule has 0 atom stereocenters. The SMILES string of the molecule is O=C(c1ccccc1)c1cc(Br)ccc1OCc1nc(-c2ccc(Cl)cc2)cs1. The summed E-state index contributed by atoms with van der Waals surface area (Å²) >= 11 is 10.9. The quantitative estimate of drug-likeness (QED) is 0.276. The van der Waals surface area contributed by atoms with Crippen LogP contribution in [0.2, 0.25) is 5.02 Å². The lowest BCUT2D eigenvalue weighted by Gasteiger charge is -2.10. The van der Waals surface area contributed by atoms with Gasteiger partial charge in [0, 0.05) is 26.0 Å². The third-order valence-corrected chi connectivity index (χ3v) is 5.83. The van der Waals surface area contributed by atoms with Crippen molar-refractivity contribution in [3.63, 3.8) is 0 Å². The normalized spacial score (nSPS) is 10.7. The summed E-state index contributed by atoms with van der Waals surface area (Å²) in [5, 5.41) is 3.51. The highest BCUT2D eigenvalue weighted by Gasteiger charge is 2.16. The molecule has 0 N–H and O–H groups in total. The number of aromatic nitrogens is 1. The lowest BCUT2D eigenvalue weighted by molar-refractivity contribution is 0.103. The minimum Gasteiger partial charge on any atom is -0.486 e. The zero-order valence-corrected chi connectivity index (χ0v) is 18.3. The van der Waals surface area contributed by atoms with E-state index in [1.807, 2.05) is 53.9 Å². The van der Waals surface area contributed by atoms with Gasteiger partial charge in [-0.05, 0) is 30.3 Å². The van der Waals surface area contributed by atoms with Gasteiger partial charge in [0.2, 0.25) is 0 Å². The molecule has 0 bridgehead atoms. The fraction of sp³-hybridized carbons (Fsp3) is 0.0435. The van der Waals surface area contributed by atoms with Gasteiger partial charge in [0.1, 0.15) is 17.4 Å². The molecule has 0 unspecified atom stereocenters. The number of benzene rings is 3. The molecule has 3 aromatic carbocycles. The minimum absolute atomic E-state index is 0.0807. The zero-order chi connectivity index (χ0) is 20.2. The van der Waals surface area contributed by atoms with E-state index in [2.05, 4.69) is 20.9 Å². The Bertz CT molecular complexity index is 1140. The molecule has 0 amide bonds. The Morgan fingerprint density at radius 3 is 2.55 bits per heavy atom. The summed E-state index contributed by atoms with van der Waals surface area (Å²) < 4.78 is 6.80. The van der Waals surface area contributed by atoms with Crippen molar-refractivity contribution in [1.29, 1.82) is 0 Å². The van der Waals surface area contributed by atoms with E-state index in [4.69, 9.17) is 16.3 Å². The van der Waals surface area contributed by atoms with Crippen molar-refractivity contribution in [2.45, 2.75) is 6.61 Å². The average molecular weight is 485 g/mol. The molecule has 0 aliphatic rings. The number of rotatable bonds is 6. The maximum absolute atomic E-state index is 12.9. The number of nitrogens with zero attached hydrogens (tertiary/aromatic N) is 1. The second-order valence-corrected chi connectivity index (χ2v) is 8.55. The summed E-state index contributed by atoms with van der Waals surface area (Å²) in [7, 11) is 0. The Hall–Kier alpha value is -2.47. The molecule has 1 heterocycles. The van der Waals surface area contributed by atoms with E-state index in [-0.39, 0.29) is 12.4 Å². The van der Waals surface area contributed by atoms with Crippen molar-refractivity contribution in [2.75, 3.05) is 0 Å². The largest absolute Gasteiger partial charge is 0.486 e. The molecule has 0 radical (unpaired) electrons. The molecular formula is C23H15BrClNO2S. The van der Waals surface area contributed by atoms with Crippen molar-refractivity contribution < 1.29 is 9.53 Å². The van der Waals surface area contributed by atoms with Crippen LogP contribution in [0, 0.1) is 0 Å². The Balaban J connectivity index is 1.53. The van der Waals surface area contributed by atoms with Crippen molar-refractivity contribution in [1.82, 2.24) is 4.98 Å². The monoisotopic (exact) mass is 483 g/mol. The topological polar surface area (TPSA) is 39.2 Å². The van der Waals surface area contributed by atoms with Crippen molar-refractivity contribution in [2.24, 2.45) is 0 Å². The standard InChI is InChI=1S/C23H15BrClNO2S/c24-17-8-11-21(19(12-17)23(27)16-4-2-1-3-5-16)28-13-22-26-20(14-29-22)15-6-9-18(25)10-7-15/h1-12,14H,13H2. The van der Waals surface area contributed by atoms with Gasteiger partial charge in [-0.3, -0.25) is 4.79 Å². The summed E-state index contributed by atoms with van der Waals surface area (Å²) in [5.74, 6) is 0.452. The summed E-state index contributed by atoms with van der Waals surface area (Å²) in [6.07, 6.45) is 0. The van der Waals surface area contributed by atoms with E-state index in [1.165, 1.54) is 11.3 Å². The van der Waals surface area contributed by atoms with Gasteiger partial charge < -0.3 is 4.74 Å². The van der Waals surface area contributed by atoms with Gasteiger partial charge in [0.15, 0.2) is 5.78 Å². The van der Waals surface area contributed by atoms with Crippen LogP contribution in [0.4, 0.5) is 0 Å². The van der Waals surface area contributed by atoms with Gasteiger partial charge in [0.05, 0.1) is 11.3 Å². The molecule has 0 fully saturated rings. The molecule has 0 saturated heterocycles. The first-order valence-corrected chi connectivity index (χ1v) is 10.9. The number of hydrogen-bond acceptors (Lipinski definition) is 4. The molecule has 0 saturated carbocycles. The molecule has 3 nitrogen and oxygen atoms in total. The van der Waals surface area contributed by atoms with Crippen LogP contribution in [-0.2, 0) is 6.61 Å². The van der Waals surface area contributed by atoms with E-state index in [0.717, 1.165) is 20.7 Å². The number of thiazole rings is 1. The average Bonchev–Trinajstić information content (AvgIpc) is 3.22. The molecule has 4 rings (SSSR count). The minimum atomic E-state index is -0.0807. The highest BCUT2D eigenvalue weighted by molar-refractivity contribution is 9.10. The fourth-order valence-corrected chi connectivity index (χ4v) is 4.02. The summed E-state index contributed by atoms with van der Waals surface area (Å²) in [6.45, 7) is 0.287. The smallest absolute Gasteiger partial charge is 0.196 e. The maximum Gasteiger partial charge on any atom is 0.196 e. The molecule has 1 aromatic heterocycles. The predicted molar refractivity (Wildman–Crippen MR) is 121 cm³/mol. The van der Waals surface area contributed by atoms with Crippen molar-refractivity contribution >= 4 is 44.7 Å². The van der Waals surface area contributed by atoms with Crippen molar-refractivity contribution in [3.8, 4) is 17.0 Å². The van der Waals surface area contributed by atoms with Crippen LogP contribution in [0.1, 0.15) is 20.9 Å². The van der Waals surface area contributed by atoms with Gasteiger partial charge in [-0.1, -0.05) is 70.0 Å². The zero-order valence-electron chi connectivity index (χ0n) is 15.1. The van der Waals surface area contributed by atoms with Gasteiger partial charge in [-0.25, -0.2) is 4.98 Å². The number of carbonyl (C=O) groups is 1. The number of carbonyl (C=O) groups excluding carboxylic acids is 1. The van der Waals surface area contributed by atoms with E-state index in [1.54, 1.807) is 24.3 Å². The second-order valence-electron chi connectivity index (χ2n) is 6.26. The maximum atomic E-state index is 12.9. The van der Waals surface area contributed by atoms with Crippen LogP contribution in [0.25, 0.3) is 11.3 Å². The molecule has 0 aliphatic heterocycles. The van der Waals surface area contributed by atoms with Gasteiger partial charge >= 0.3 is 0 Å². The lowest BCUT2D eigenvalue weighted by atomic mass is 10.0. The van der Waals surface area contributed by atoms with E-state index in [0.29, 0.717) is 21.9 Å². The molecule has 0 spiro atoms. The molecule has 144 valence electrons. The fourth-order valence-electron chi connectivity index (χ4n) is 2.82. The molecular weight excluding hydrogens is 470 g/mol. The van der Waals surface area contributed by atoms with E-state index < -0.39 is 0 Å². The predicted octanol–water partition coefficient (Wildman–Crippen LogP) is 7.04. The van der Waals surface area contributed by atoms with Crippen LogP contribution < -0.4 is 4.74 Å². The molecule has 4 aromatic rings. The first-order valence-electron chi connectivity index (χ1n) is 8.82. The molecule has 6 heteroatoms. The van der Waals surface area contributed by atoms with Crippen LogP contribution >= 0.6 is 38.9 Å². The highest BCUT2D eigenvalue weighted by atomic mass is 79.9. The van der Waals surface area contributed by atoms with Crippen LogP contribution in [0.15, 0.2) is 82.6 Å². The number of ketones is 1. The third-order valence-electron chi connectivity index (χ3n) is 4.27. The summed E-state index contributed by atoms with van der Waals surface area (Å²) in [4.78, 5) is 17.6. The Morgan fingerprint density at radius 2 is 1.79 bits per heavy atom. The summed E-state index contributed by atoms with van der Waals surface area (Å²) in [6, 6.07) is 22.2. The third kappa shape index (κ3) is 4.75. The van der Waals surface area contributed by atoms with Crippen molar-refractivity contribution in [3.05, 3.63) is 104 Å². The van der Waals surface area contributed by atoms with Crippen LogP contribution in [-0.4, -0.2) is 10.8 Å². The van der Waals surface area contributed by atoms with Gasteiger partial charge in [-0.15, -0.1) is 11.3 Å². The van der Waals surface area contributed by atoms with Crippen LogP contribution in [0.3, 0.4) is 0 Å². The Morgan fingerprint density at radius 1 is 1.03 bits per heavy atom. The Kier molecular flexibility index (Phi) is 6.09. The van der Waals surface area contributed by atoms with Gasteiger partial charge in [-0.2, -0.15) is 0 Å². The number of ether oxygens (including phenoxy) is 1. The molecule has 29 heavy (non-hydrogen) atoms. The first kappa shape index (κ1) is 19.8. The van der Waals surface area contributed by atoms with E-state index in [9.17, 15) is 4.79 Å². The summed E-state index contributed by atoms with van der Waals surface area (Å²) in [5.41, 5.74) is 3.01. The van der Waals surface area contributed by atoms with Crippen LogP contribution in [0.5, 0.6) is 5.75 Å². The number of hydrogen-bond donors (Lipinski definition) is 0. The van der Waals surface area contributed by atoms with E-state index >= 15 is 0 Å². The lowest BCUT2D eigenvalue weighted by Crippen LogP contribution is -2.06. The van der Waals surface area contributed by atoms with Gasteiger partial charge in [0.25, 0.3) is 0 Å². The Labute approximate surface area is 186 Å². The molecule has 0 aliphatic carbocycles. The second kappa shape index (κ2) is 8.91. The highest BCUT2D eigenvalue weighted by Crippen LogP contribution is 2.28. The first-order chi connectivity index (χ1) is 14.1.